The minimum Gasteiger partial charge on any atom is -0.455 e. The monoisotopic (exact) mass is 404 g/mol. The molecule has 0 bridgehead atoms. The van der Waals surface area contributed by atoms with Gasteiger partial charge in [-0.1, -0.05) is 29.8 Å². The molecule has 0 aromatic heterocycles. The van der Waals surface area contributed by atoms with Gasteiger partial charge in [-0.3, -0.25) is 19.3 Å². The van der Waals surface area contributed by atoms with Crippen LogP contribution in [0.15, 0.2) is 66.7 Å². The Kier molecular flexibility index (Phi) is 5.02. The zero-order valence-electron chi connectivity index (χ0n) is 16.0. The lowest BCUT2D eigenvalue weighted by Gasteiger charge is -2.15. The van der Waals surface area contributed by atoms with E-state index in [1.165, 1.54) is 18.2 Å². The SMILES string of the molecule is Cc1ccc2c(c1)C(=O)N(CC(=O)Nc1ccccc1Oc1cccc(F)c1)C2=O. The quantitative estimate of drug-likeness (QED) is 0.648. The van der Waals surface area contributed by atoms with Gasteiger partial charge in [-0.05, 0) is 43.3 Å². The van der Waals surface area contributed by atoms with Crippen LogP contribution in [0.1, 0.15) is 26.3 Å². The molecular weight excluding hydrogens is 387 g/mol. The van der Waals surface area contributed by atoms with E-state index in [0.29, 0.717) is 17.0 Å². The molecule has 150 valence electrons. The van der Waals surface area contributed by atoms with Gasteiger partial charge in [0, 0.05) is 6.07 Å². The first-order chi connectivity index (χ1) is 14.4. The van der Waals surface area contributed by atoms with Gasteiger partial charge in [-0.15, -0.1) is 0 Å². The number of fused-ring (bicyclic) bond motifs is 1. The fourth-order valence-electron chi connectivity index (χ4n) is 3.20. The van der Waals surface area contributed by atoms with Crippen LogP contribution in [-0.2, 0) is 4.79 Å². The summed E-state index contributed by atoms with van der Waals surface area (Å²) in [5.41, 5.74) is 1.76. The number of nitrogens with zero attached hydrogens (tertiary/aromatic N) is 1. The summed E-state index contributed by atoms with van der Waals surface area (Å²) in [6, 6.07) is 17.2. The van der Waals surface area contributed by atoms with E-state index in [1.807, 2.05) is 6.92 Å². The van der Waals surface area contributed by atoms with Crippen molar-refractivity contribution in [2.45, 2.75) is 6.92 Å². The highest BCUT2D eigenvalue weighted by molar-refractivity contribution is 6.22. The lowest BCUT2D eigenvalue weighted by molar-refractivity contribution is -0.116. The van der Waals surface area contributed by atoms with Gasteiger partial charge >= 0.3 is 0 Å². The smallest absolute Gasteiger partial charge is 0.262 e. The van der Waals surface area contributed by atoms with Crippen LogP contribution in [0.25, 0.3) is 0 Å². The van der Waals surface area contributed by atoms with Crippen molar-refractivity contribution < 1.29 is 23.5 Å². The highest BCUT2D eigenvalue weighted by Gasteiger charge is 2.36. The van der Waals surface area contributed by atoms with Gasteiger partial charge in [-0.2, -0.15) is 0 Å². The molecule has 4 rings (SSSR count). The lowest BCUT2D eigenvalue weighted by Crippen LogP contribution is -2.37. The topological polar surface area (TPSA) is 75.7 Å². The van der Waals surface area contributed by atoms with Gasteiger partial charge < -0.3 is 10.1 Å². The molecule has 0 radical (unpaired) electrons. The molecule has 0 aliphatic carbocycles. The average molecular weight is 404 g/mol. The Labute approximate surface area is 171 Å². The Hall–Kier alpha value is -4.00. The number of carbonyl (C=O) groups excluding carboxylic acids is 3. The summed E-state index contributed by atoms with van der Waals surface area (Å²) in [6.45, 7) is 1.39. The van der Waals surface area contributed by atoms with E-state index in [9.17, 15) is 18.8 Å². The normalized spacial score (nSPS) is 12.7. The molecule has 0 saturated carbocycles. The maximum atomic E-state index is 13.4. The van der Waals surface area contributed by atoms with Crippen LogP contribution in [0.4, 0.5) is 10.1 Å². The molecule has 0 saturated heterocycles. The second kappa shape index (κ2) is 7.79. The first-order valence-corrected chi connectivity index (χ1v) is 9.21. The largest absolute Gasteiger partial charge is 0.455 e. The predicted octanol–water partition coefficient (Wildman–Crippen LogP) is 4.16. The first kappa shape index (κ1) is 19.3. The highest BCUT2D eigenvalue weighted by atomic mass is 19.1. The van der Waals surface area contributed by atoms with Crippen LogP contribution in [0.3, 0.4) is 0 Å². The van der Waals surface area contributed by atoms with Crippen molar-refractivity contribution in [1.82, 2.24) is 4.90 Å². The molecule has 0 fully saturated rings. The zero-order chi connectivity index (χ0) is 21.3. The number of anilines is 1. The van der Waals surface area contributed by atoms with Crippen LogP contribution < -0.4 is 10.1 Å². The van der Waals surface area contributed by atoms with Gasteiger partial charge in [0.25, 0.3) is 11.8 Å². The number of nitrogens with one attached hydrogen (secondary N) is 1. The number of aryl methyl sites for hydroxylation is 1. The van der Waals surface area contributed by atoms with Crippen molar-refractivity contribution in [1.29, 1.82) is 0 Å². The summed E-state index contributed by atoms with van der Waals surface area (Å²) in [5.74, 6) is -1.44. The third-order valence-corrected chi connectivity index (χ3v) is 4.61. The summed E-state index contributed by atoms with van der Waals surface area (Å²) in [5, 5.41) is 2.65. The Morgan fingerprint density at radius 3 is 2.53 bits per heavy atom. The number of hydrogen-bond donors (Lipinski definition) is 1. The summed E-state index contributed by atoms with van der Waals surface area (Å²) in [4.78, 5) is 38.5. The van der Waals surface area contributed by atoms with E-state index >= 15 is 0 Å². The number of amides is 3. The van der Waals surface area contributed by atoms with E-state index in [0.717, 1.165) is 10.5 Å². The fourth-order valence-corrected chi connectivity index (χ4v) is 3.20. The molecule has 3 aromatic rings. The molecule has 30 heavy (non-hydrogen) atoms. The Morgan fingerprint density at radius 1 is 0.967 bits per heavy atom. The molecule has 0 spiro atoms. The van der Waals surface area contributed by atoms with Gasteiger partial charge in [0.1, 0.15) is 18.1 Å². The minimum absolute atomic E-state index is 0.271. The molecule has 1 aliphatic rings. The van der Waals surface area contributed by atoms with Crippen LogP contribution in [0.5, 0.6) is 11.5 Å². The molecule has 6 nitrogen and oxygen atoms in total. The minimum atomic E-state index is -0.559. The van der Waals surface area contributed by atoms with Crippen molar-refractivity contribution in [2.24, 2.45) is 0 Å². The molecule has 1 heterocycles. The van der Waals surface area contributed by atoms with Crippen LogP contribution in [-0.4, -0.2) is 29.2 Å². The van der Waals surface area contributed by atoms with Crippen LogP contribution in [0.2, 0.25) is 0 Å². The van der Waals surface area contributed by atoms with Crippen molar-refractivity contribution in [3.63, 3.8) is 0 Å². The average Bonchev–Trinajstić information content (AvgIpc) is 2.94. The highest BCUT2D eigenvalue weighted by Crippen LogP contribution is 2.30. The van der Waals surface area contributed by atoms with E-state index in [2.05, 4.69) is 5.32 Å². The predicted molar refractivity (Wildman–Crippen MR) is 108 cm³/mol. The Morgan fingerprint density at radius 2 is 1.73 bits per heavy atom. The van der Waals surface area contributed by atoms with Crippen molar-refractivity contribution in [3.05, 3.63) is 89.2 Å². The van der Waals surface area contributed by atoms with E-state index in [1.54, 1.807) is 48.5 Å². The Balaban J connectivity index is 1.49. The fraction of sp³-hybridized carbons (Fsp3) is 0.0870. The van der Waals surface area contributed by atoms with Gasteiger partial charge in [0.05, 0.1) is 16.8 Å². The molecule has 7 heteroatoms. The zero-order valence-corrected chi connectivity index (χ0v) is 16.0. The number of benzene rings is 3. The third-order valence-electron chi connectivity index (χ3n) is 4.61. The molecule has 1 aliphatic heterocycles. The molecule has 0 unspecified atom stereocenters. The number of hydrogen-bond acceptors (Lipinski definition) is 4. The summed E-state index contributed by atoms with van der Waals surface area (Å²) < 4.78 is 19.1. The molecule has 1 N–H and O–H groups in total. The number of para-hydroxylation sites is 2. The maximum absolute atomic E-state index is 13.4. The summed E-state index contributed by atoms with van der Waals surface area (Å²) >= 11 is 0. The number of halogens is 1. The maximum Gasteiger partial charge on any atom is 0.262 e. The van der Waals surface area contributed by atoms with E-state index in [-0.39, 0.29) is 11.3 Å². The molecule has 3 aromatic carbocycles. The number of imide groups is 1. The Bertz CT molecular complexity index is 1180. The molecule has 0 atom stereocenters. The van der Waals surface area contributed by atoms with E-state index in [4.69, 9.17) is 4.74 Å². The first-order valence-electron chi connectivity index (χ1n) is 9.21. The van der Waals surface area contributed by atoms with Gasteiger partial charge in [0.15, 0.2) is 5.75 Å². The van der Waals surface area contributed by atoms with E-state index < -0.39 is 30.1 Å². The van der Waals surface area contributed by atoms with Crippen molar-refractivity contribution in [3.8, 4) is 11.5 Å². The third kappa shape index (κ3) is 3.77. The number of ether oxygens (including phenoxy) is 1. The summed E-state index contributed by atoms with van der Waals surface area (Å²) in [7, 11) is 0. The lowest BCUT2D eigenvalue weighted by atomic mass is 10.1. The van der Waals surface area contributed by atoms with Gasteiger partial charge in [0.2, 0.25) is 5.91 Å². The van der Waals surface area contributed by atoms with Gasteiger partial charge in [-0.25, -0.2) is 4.39 Å². The summed E-state index contributed by atoms with van der Waals surface area (Å²) in [6.07, 6.45) is 0. The molecule has 3 amide bonds. The number of rotatable bonds is 5. The second-order valence-electron chi connectivity index (χ2n) is 6.85. The van der Waals surface area contributed by atoms with Crippen molar-refractivity contribution >= 4 is 23.4 Å². The van der Waals surface area contributed by atoms with Crippen LogP contribution >= 0.6 is 0 Å². The second-order valence-corrected chi connectivity index (χ2v) is 6.85. The van der Waals surface area contributed by atoms with Crippen molar-refractivity contribution in [2.75, 3.05) is 11.9 Å². The standard InChI is InChI=1S/C23H17FN2O4/c1-14-9-10-17-18(11-14)23(29)26(22(17)28)13-21(27)25-19-7-2-3-8-20(19)30-16-6-4-5-15(24)12-16/h2-12H,13H2,1H3,(H,25,27). The van der Waals surface area contributed by atoms with Crippen LogP contribution in [0, 0.1) is 12.7 Å². The molecular formula is C23H17FN2O4. The number of carbonyl (C=O) groups is 3.